The Hall–Kier alpha value is -1.53. The van der Waals surface area contributed by atoms with Crippen LogP contribution in [0.4, 0.5) is 5.69 Å². The van der Waals surface area contributed by atoms with E-state index < -0.39 is 9.84 Å². The molecule has 114 valence electrons. The predicted octanol–water partition coefficient (Wildman–Crippen LogP) is 2.67. The van der Waals surface area contributed by atoms with Gasteiger partial charge < -0.3 is 5.73 Å². The summed E-state index contributed by atoms with van der Waals surface area (Å²) in [6.45, 7) is 4.42. The molecular formula is C14H18ClN3O2S. The molecule has 0 atom stereocenters. The van der Waals surface area contributed by atoms with Crippen LogP contribution in [0.1, 0.15) is 25.2 Å². The maximum Gasteiger partial charge on any atom is 0.184 e. The lowest BCUT2D eigenvalue weighted by Crippen LogP contribution is -2.11. The fraction of sp³-hybridized carbons (Fsp3) is 0.357. The molecule has 0 bridgehead atoms. The molecule has 0 spiro atoms. The molecule has 7 heteroatoms. The van der Waals surface area contributed by atoms with Gasteiger partial charge in [-0.25, -0.2) is 8.42 Å². The van der Waals surface area contributed by atoms with Crippen LogP contribution in [0.3, 0.4) is 0 Å². The minimum atomic E-state index is -3.48. The third-order valence-corrected chi connectivity index (χ3v) is 5.34. The molecule has 0 saturated carbocycles. The van der Waals surface area contributed by atoms with Crippen LogP contribution >= 0.6 is 11.6 Å². The van der Waals surface area contributed by atoms with Gasteiger partial charge in [0.25, 0.3) is 0 Å². The van der Waals surface area contributed by atoms with Gasteiger partial charge in [-0.05, 0) is 37.6 Å². The molecule has 1 aromatic heterocycles. The number of sulfone groups is 1. The van der Waals surface area contributed by atoms with E-state index in [-0.39, 0.29) is 10.6 Å². The quantitative estimate of drug-likeness (QED) is 0.856. The monoisotopic (exact) mass is 327 g/mol. The van der Waals surface area contributed by atoms with Crippen molar-refractivity contribution in [2.75, 3.05) is 5.73 Å². The molecule has 0 amide bonds. The van der Waals surface area contributed by atoms with E-state index >= 15 is 0 Å². The highest BCUT2D eigenvalue weighted by atomic mass is 35.5. The van der Waals surface area contributed by atoms with Crippen LogP contribution in [0.2, 0.25) is 5.02 Å². The molecule has 0 aliphatic carbocycles. The topological polar surface area (TPSA) is 78.0 Å². The van der Waals surface area contributed by atoms with Gasteiger partial charge in [-0.15, -0.1) is 0 Å². The van der Waals surface area contributed by atoms with Crippen LogP contribution in [0.25, 0.3) is 0 Å². The van der Waals surface area contributed by atoms with Crippen LogP contribution in [0.15, 0.2) is 29.2 Å². The summed E-state index contributed by atoms with van der Waals surface area (Å²) < 4.78 is 26.6. The Bertz CT molecular complexity index is 736. The van der Waals surface area contributed by atoms with Gasteiger partial charge in [0.15, 0.2) is 9.84 Å². The van der Waals surface area contributed by atoms with E-state index in [1.54, 1.807) is 16.8 Å². The van der Waals surface area contributed by atoms with E-state index in [2.05, 4.69) is 5.10 Å². The van der Waals surface area contributed by atoms with E-state index in [0.29, 0.717) is 29.4 Å². The third kappa shape index (κ3) is 3.22. The first-order chi connectivity index (χ1) is 9.89. The molecule has 5 nitrogen and oxygen atoms in total. The second-order valence-corrected chi connectivity index (χ2v) is 7.07. The maximum absolute atomic E-state index is 12.5. The Balaban J connectivity index is 2.41. The zero-order valence-corrected chi connectivity index (χ0v) is 13.6. The van der Waals surface area contributed by atoms with Crippen molar-refractivity contribution in [1.82, 2.24) is 9.78 Å². The van der Waals surface area contributed by atoms with Crippen molar-refractivity contribution in [3.05, 3.63) is 40.7 Å². The first-order valence-electron chi connectivity index (χ1n) is 6.71. The molecule has 0 radical (unpaired) electrons. The molecular weight excluding hydrogens is 310 g/mol. The highest BCUT2D eigenvalue weighted by Gasteiger charge is 2.22. The zero-order chi connectivity index (χ0) is 15.6. The van der Waals surface area contributed by atoms with E-state index in [9.17, 15) is 8.42 Å². The number of halogens is 1. The molecule has 2 rings (SSSR count). The molecule has 0 unspecified atom stereocenters. The molecule has 1 aromatic carbocycles. The number of aromatic nitrogens is 2. The fourth-order valence-corrected chi connectivity index (χ4v) is 3.88. The number of aryl methyl sites for hydroxylation is 2. The lowest BCUT2D eigenvalue weighted by atomic mass is 10.3. The van der Waals surface area contributed by atoms with Gasteiger partial charge >= 0.3 is 0 Å². The summed E-state index contributed by atoms with van der Waals surface area (Å²) in [6.07, 6.45) is 0.667. The van der Waals surface area contributed by atoms with Crippen molar-refractivity contribution < 1.29 is 8.42 Å². The van der Waals surface area contributed by atoms with Gasteiger partial charge in [0.1, 0.15) is 0 Å². The van der Waals surface area contributed by atoms with Crippen molar-refractivity contribution >= 4 is 27.1 Å². The Morgan fingerprint density at radius 3 is 2.38 bits per heavy atom. The van der Waals surface area contributed by atoms with Gasteiger partial charge in [0.2, 0.25) is 0 Å². The molecule has 0 fully saturated rings. The largest absolute Gasteiger partial charge is 0.399 e. The normalized spacial score (nSPS) is 11.8. The average Bonchev–Trinajstić information content (AvgIpc) is 2.75. The van der Waals surface area contributed by atoms with Gasteiger partial charge in [-0.1, -0.05) is 18.5 Å². The SMILES string of the molecule is CCc1nn(CC)c(CS(=O)(=O)c2ccc(N)cc2)c1Cl. The second kappa shape index (κ2) is 6.07. The summed E-state index contributed by atoms with van der Waals surface area (Å²) in [7, 11) is -3.48. The Labute approximate surface area is 129 Å². The number of benzene rings is 1. The highest BCUT2D eigenvalue weighted by molar-refractivity contribution is 7.90. The first kappa shape index (κ1) is 15.9. The number of nitrogen functional groups attached to an aromatic ring is 1. The fourth-order valence-electron chi connectivity index (χ4n) is 2.09. The van der Waals surface area contributed by atoms with Crippen molar-refractivity contribution in [1.29, 1.82) is 0 Å². The maximum atomic E-state index is 12.5. The minimum absolute atomic E-state index is 0.170. The summed E-state index contributed by atoms with van der Waals surface area (Å²) in [6, 6.07) is 6.16. The van der Waals surface area contributed by atoms with Crippen LogP contribution < -0.4 is 5.73 Å². The van der Waals surface area contributed by atoms with Gasteiger partial charge in [-0.3, -0.25) is 4.68 Å². The number of nitrogens with zero attached hydrogens (tertiary/aromatic N) is 2. The number of hydrogen-bond acceptors (Lipinski definition) is 4. The van der Waals surface area contributed by atoms with Gasteiger partial charge in [0, 0.05) is 12.2 Å². The number of nitrogens with two attached hydrogens (primary N) is 1. The van der Waals surface area contributed by atoms with E-state index in [1.807, 2.05) is 13.8 Å². The van der Waals surface area contributed by atoms with Gasteiger partial charge in [-0.2, -0.15) is 5.10 Å². The molecule has 21 heavy (non-hydrogen) atoms. The lowest BCUT2D eigenvalue weighted by molar-refractivity contribution is 0.585. The third-order valence-electron chi connectivity index (χ3n) is 3.26. The van der Waals surface area contributed by atoms with Crippen LogP contribution in [-0.4, -0.2) is 18.2 Å². The molecule has 0 aliphatic rings. The Morgan fingerprint density at radius 1 is 1.24 bits per heavy atom. The molecule has 2 N–H and O–H groups in total. The Morgan fingerprint density at radius 2 is 1.86 bits per heavy atom. The van der Waals surface area contributed by atoms with Crippen molar-refractivity contribution in [3.63, 3.8) is 0 Å². The smallest absolute Gasteiger partial charge is 0.184 e. The standard InChI is InChI=1S/C14H18ClN3O2S/c1-3-12-14(15)13(18(4-2)17-12)9-21(19,20)11-7-5-10(16)6-8-11/h5-8H,3-4,9,16H2,1-2H3. The van der Waals surface area contributed by atoms with Crippen molar-refractivity contribution in [2.24, 2.45) is 0 Å². The first-order valence-corrected chi connectivity index (χ1v) is 8.74. The van der Waals surface area contributed by atoms with Crippen LogP contribution in [0.5, 0.6) is 0 Å². The van der Waals surface area contributed by atoms with Crippen molar-refractivity contribution in [2.45, 2.75) is 37.5 Å². The predicted molar refractivity (Wildman–Crippen MR) is 84.0 cm³/mol. The van der Waals surface area contributed by atoms with Gasteiger partial charge in [0.05, 0.1) is 27.1 Å². The lowest BCUT2D eigenvalue weighted by Gasteiger charge is -2.07. The van der Waals surface area contributed by atoms with Crippen LogP contribution in [0, 0.1) is 0 Å². The highest BCUT2D eigenvalue weighted by Crippen LogP contribution is 2.26. The molecule has 1 heterocycles. The number of hydrogen-bond donors (Lipinski definition) is 1. The Kier molecular flexibility index (Phi) is 4.58. The second-order valence-electron chi connectivity index (χ2n) is 4.70. The summed E-state index contributed by atoms with van der Waals surface area (Å²) in [5, 5.41) is 4.78. The number of anilines is 1. The number of rotatable bonds is 5. The molecule has 2 aromatic rings. The zero-order valence-electron chi connectivity index (χ0n) is 12.0. The van der Waals surface area contributed by atoms with E-state index in [0.717, 1.165) is 5.69 Å². The molecule has 0 aliphatic heterocycles. The van der Waals surface area contributed by atoms with Crippen LogP contribution in [-0.2, 0) is 28.6 Å². The summed E-state index contributed by atoms with van der Waals surface area (Å²) in [5.41, 5.74) is 7.37. The van der Waals surface area contributed by atoms with Crippen molar-refractivity contribution in [3.8, 4) is 0 Å². The minimum Gasteiger partial charge on any atom is -0.399 e. The van der Waals surface area contributed by atoms with E-state index in [4.69, 9.17) is 17.3 Å². The summed E-state index contributed by atoms with van der Waals surface area (Å²) >= 11 is 6.26. The summed E-state index contributed by atoms with van der Waals surface area (Å²) in [5.74, 6) is -0.170. The molecule has 0 saturated heterocycles. The van der Waals surface area contributed by atoms with E-state index in [1.165, 1.54) is 12.1 Å². The average molecular weight is 328 g/mol. The summed E-state index contributed by atoms with van der Waals surface area (Å²) in [4.78, 5) is 0.231.